The highest BCUT2D eigenvalue weighted by Gasteiger charge is 2.24. The molecule has 0 spiro atoms. The first-order valence-corrected chi connectivity index (χ1v) is 7.92. The summed E-state index contributed by atoms with van der Waals surface area (Å²) in [6.07, 6.45) is 7.73. The molecule has 114 valence electrons. The van der Waals surface area contributed by atoms with E-state index in [0.717, 1.165) is 12.1 Å². The Morgan fingerprint density at radius 1 is 1.57 bits per heavy atom. The van der Waals surface area contributed by atoms with Crippen molar-refractivity contribution in [1.29, 1.82) is 0 Å². The van der Waals surface area contributed by atoms with Crippen LogP contribution in [0.5, 0.6) is 0 Å². The number of nitrogens with one attached hydrogen (secondary N) is 3. The zero-order valence-corrected chi connectivity index (χ0v) is 12.8. The summed E-state index contributed by atoms with van der Waals surface area (Å²) in [6, 6.07) is -0.471. The molecule has 21 heavy (non-hydrogen) atoms. The van der Waals surface area contributed by atoms with Gasteiger partial charge in [-0.1, -0.05) is 6.08 Å². The first-order valence-electron chi connectivity index (χ1n) is 6.97. The van der Waals surface area contributed by atoms with Crippen LogP contribution in [-0.4, -0.2) is 39.6 Å². The Balaban J connectivity index is 1.79. The SMILES string of the molecule is CC(=O)N[C@@H](CC1CC=CS1)C(=O)NCCc1cnc[nH]1. The summed E-state index contributed by atoms with van der Waals surface area (Å²) in [5.41, 5.74) is 0.974. The number of hydrogen-bond donors (Lipinski definition) is 3. The molecule has 0 bridgehead atoms. The molecule has 0 fully saturated rings. The van der Waals surface area contributed by atoms with Crippen molar-refractivity contribution in [2.75, 3.05) is 6.54 Å². The third kappa shape index (κ3) is 5.26. The van der Waals surface area contributed by atoms with Crippen molar-refractivity contribution < 1.29 is 9.59 Å². The quantitative estimate of drug-likeness (QED) is 0.701. The summed E-state index contributed by atoms with van der Waals surface area (Å²) in [4.78, 5) is 30.4. The normalized spacial score (nSPS) is 18.4. The van der Waals surface area contributed by atoms with Gasteiger partial charge in [0.15, 0.2) is 0 Å². The van der Waals surface area contributed by atoms with Gasteiger partial charge in [-0.15, -0.1) is 11.8 Å². The lowest BCUT2D eigenvalue weighted by atomic mass is 10.1. The third-order valence-corrected chi connectivity index (χ3v) is 4.33. The Morgan fingerprint density at radius 3 is 3.05 bits per heavy atom. The van der Waals surface area contributed by atoms with Crippen LogP contribution in [0.25, 0.3) is 0 Å². The molecular formula is C14H20N4O2S. The zero-order chi connectivity index (χ0) is 15.1. The zero-order valence-electron chi connectivity index (χ0n) is 12.0. The van der Waals surface area contributed by atoms with Crippen molar-refractivity contribution in [2.45, 2.75) is 37.5 Å². The van der Waals surface area contributed by atoms with E-state index in [1.807, 2.05) is 5.41 Å². The van der Waals surface area contributed by atoms with Gasteiger partial charge in [0.05, 0.1) is 6.33 Å². The summed E-state index contributed by atoms with van der Waals surface area (Å²) in [5, 5.41) is 8.02. The second kappa shape index (κ2) is 7.87. The number of imidazole rings is 1. The molecule has 1 aliphatic rings. The molecule has 0 saturated heterocycles. The van der Waals surface area contributed by atoms with Gasteiger partial charge in [-0.3, -0.25) is 9.59 Å². The number of carbonyl (C=O) groups excluding carboxylic acids is 2. The predicted molar refractivity (Wildman–Crippen MR) is 82.7 cm³/mol. The van der Waals surface area contributed by atoms with Crippen LogP contribution in [-0.2, 0) is 16.0 Å². The van der Waals surface area contributed by atoms with E-state index in [1.165, 1.54) is 6.92 Å². The molecule has 1 unspecified atom stereocenters. The lowest BCUT2D eigenvalue weighted by Crippen LogP contribution is -2.47. The van der Waals surface area contributed by atoms with Gasteiger partial charge in [-0.2, -0.15) is 0 Å². The van der Waals surface area contributed by atoms with Gasteiger partial charge in [0.2, 0.25) is 11.8 Å². The van der Waals surface area contributed by atoms with Crippen LogP contribution in [0.3, 0.4) is 0 Å². The Labute approximate surface area is 128 Å². The molecule has 7 heteroatoms. The Morgan fingerprint density at radius 2 is 2.43 bits per heavy atom. The van der Waals surface area contributed by atoms with E-state index < -0.39 is 6.04 Å². The van der Waals surface area contributed by atoms with Crippen molar-refractivity contribution >= 4 is 23.6 Å². The van der Waals surface area contributed by atoms with Crippen molar-refractivity contribution in [1.82, 2.24) is 20.6 Å². The summed E-state index contributed by atoms with van der Waals surface area (Å²) < 4.78 is 0. The Bertz CT molecular complexity index is 493. The molecule has 1 aliphatic heterocycles. The van der Waals surface area contributed by atoms with Crippen LogP contribution in [0.1, 0.15) is 25.5 Å². The maximum atomic E-state index is 12.2. The van der Waals surface area contributed by atoms with Gasteiger partial charge in [0.25, 0.3) is 0 Å². The van der Waals surface area contributed by atoms with E-state index in [0.29, 0.717) is 24.6 Å². The maximum absolute atomic E-state index is 12.2. The van der Waals surface area contributed by atoms with Crippen LogP contribution in [0.2, 0.25) is 0 Å². The van der Waals surface area contributed by atoms with Gasteiger partial charge in [0, 0.05) is 37.0 Å². The molecule has 6 nitrogen and oxygen atoms in total. The molecule has 2 amide bonds. The van der Waals surface area contributed by atoms with Crippen LogP contribution in [0.15, 0.2) is 24.0 Å². The third-order valence-electron chi connectivity index (χ3n) is 3.21. The molecule has 2 atom stereocenters. The number of rotatable bonds is 7. The minimum atomic E-state index is -0.471. The van der Waals surface area contributed by atoms with E-state index in [4.69, 9.17) is 0 Å². The average Bonchev–Trinajstić information content (AvgIpc) is 3.10. The molecule has 0 aliphatic carbocycles. The summed E-state index contributed by atoms with van der Waals surface area (Å²) in [5.74, 6) is -0.308. The Kier molecular flexibility index (Phi) is 5.86. The smallest absolute Gasteiger partial charge is 0.242 e. The summed E-state index contributed by atoms with van der Waals surface area (Å²) in [6.45, 7) is 1.96. The molecule has 0 saturated carbocycles. The summed E-state index contributed by atoms with van der Waals surface area (Å²) >= 11 is 1.71. The van der Waals surface area contributed by atoms with E-state index in [9.17, 15) is 9.59 Å². The Hall–Kier alpha value is -1.76. The fourth-order valence-electron chi connectivity index (χ4n) is 2.19. The number of aromatic nitrogens is 2. The number of allylic oxidation sites excluding steroid dienone is 1. The highest BCUT2D eigenvalue weighted by atomic mass is 32.2. The molecular weight excluding hydrogens is 288 g/mol. The number of nitrogens with zero attached hydrogens (tertiary/aromatic N) is 1. The molecule has 0 aromatic carbocycles. The topological polar surface area (TPSA) is 86.9 Å². The first kappa shape index (κ1) is 15.6. The van der Waals surface area contributed by atoms with E-state index in [2.05, 4.69) is 26.7 Å². The predicted octanol–water partition coefficient (Wildman–Crippen LogP) is 0.982. The van der Waals surface area contributed by atoms with Gasteiger partial charge in [0.1, 0.15) is 6.04 Å². The highest BCUT2D eigenvalue weighted by molar-refractivity contribution is 8.03. The standard InChI is InChI=1S/C14H20N4O2S/c1-10(19)18-13(7-12-3-2-6-21-12)14(20)16-5-4-11-8-15-9-17-11/h2,6,8-9,12-13H,3-5,7H2,1H3,(H,15,17)(H,16,20)(H,18,19)/t12?,13-/m0/s1. The van der Waals surface area contributed by atoms with Crippen molar-refractivity contribution in [2.24, 2.45) is 0 Å². The van der Waals surface area contributed by atoms with E-state index in [-0.39, 0.29) is 11.8 Å². The molecule has 1 aromatic rings. The van der Waals surface area contributed by atoms with Gasteiger partial charge in [-0.05, 0) is 18.2 Å². The number of thioether (sulfide) groups is 1. The van der Waals surface area contributed by atoms with Crippen molar-refractivity contribution in [3.63, 3.8) is 0 Å². The van der Waals surface area contributed by atoms with Gasteiger partial charge >= 0.3 is 0 Å². The lowest BCUT2D eigenvalue weighted by Gasteiger charge is -2.20. The molecule has 1 aromatic heterocycles. The van der Waals surface area contributed by atoms with Crippen LogP contribution in [0.4, 0.5) is 0 Å². The van der Waals surface area contributed by atoms with Crippen LogP contribution < -0.4 is 10.6 Å². The number of amides is 2. The molecule has 2 heterocycles. The second-order valence-corrected chi connectivity index (χ2v) is 6.18. The molecule has 0 radical (unpaired) electrons. The number of carbonyl (C=O) groups is 2. The lowest BCUT2D eigenvalue weighted by molar-refractivity contribution is -0.128. The van der Waals surface area contributed by atoms with Gasteiger partial charge < -0.3 is 15.6 Å². The van der Waals surface area contributed by atoms with Crippen molar-refractivity contribution in [3.05, 3.63) is 29.7 Å². The van der Waals surface area contributed by atoms with Crippen molar-refractivity contribution in [3.8, 4) is 0 Å². The summed E-state index contributed by atoms with van der Waals surface area (Å²) in [7, 11) is 0. The van der Waals surface area contributed by atoms with E-state index >= 15 is 0 Å². The molecule has 2 rings (SSSR count). The monoisotopic (exact) mass is 308 g/mol. The van der Waals surface area contributed by atoms with Crippen LogP contribution >= 0.6 is 11.8 Å². The largest absolute Gasteiger partial charge is 0.354 e. The van der Waals surface area contributed by atoms with E-state index in [1.54, 1.807) is 24.3 Å². The van der Waals surface area contributed by atoms with Crippen LogP contribution in [0, 0.1) is 0 Å². The number of H-pyrrole nitrogens is 1. The number of hydrogen-bond acceptors (Lipinski definition) is 4. The average molecular weight is 308 g/mol. The minimum absolute atomic E-state index is 0.128. The molecule has 3 N–H and O–H groups in total. The second-order valence-electron chi connectivity index (χ2n) is 4.97. The fourth-order valence-corrected chi connectivity index (χ4v) is 3.16. The number of aromatic amines is 1. The minimum Gasteiger partial charge on any atom is -0.354 e. The van der Waals surface area contributed by atoms with Gasteiger partial charge in [-0.25, -0.2) is 4.98 Å². The highest BCUT2D eigenvalue weighted by Crippen LogP contribution is 2.27. The maximum Gasteiger partial charge on any atom is 0.242 e. The fraction of sp³-hybridized carbons (Fsp3) is 0.500. The first-order chi connectivity index (χ1) is 10.1.